The molecule has 0 fully saturated rings. The minimum Gasteiger partial charge on any atom is -0.338 e. The second-order valence-electron chi connectivity index (χ2n) is 11.8. The first-order valence-electron chi connectivity index (χ1n) is 15.0. The van der Waals surface area contributed by atoms with Crippen LogP contribution in [0.3, 0.4) is 0 Å². The molecule has 2 aromatic heterocycles. The summed E-state index contributed by atoms with van der Waals surface area (Å²) in [5.41, 5.74) is 12.3. The normalized spacial score (nSPS) is 15.9. The number of H-pyrrole nitrogens is 1. The molecular weight excluding hydrogens is 550 g/mol. The molecule has 9 nitrogen and oxygen atoms in total. The summed E-state index contributed by atoms with van der Waals surface area (Å²) >= 11 is 0. The fourth-order valence-electron chi connectivity index (χ4n) is 6.71. The van der Waals surface area contributed by atoms with Gasteiger partial charge in [-0.25, -0.2) is 0 Å². The molecule has 4 N–H and O–H groups in total. The monoisotopic (exact) mass is 585 g/mol. The minimum atomic E-state index is -0.781. The van der Waals surface area contributed by atoms with Crippen LogP contribution in [-0.4, -0.2) is 37.8 Å². The van der Waals surface area contributed by atoms with Crippen LogP contribution in [-0.2, 0) is 31.4 Å². The molecule has 44 heavy (non-hydrogen) atoms. The number of benzene rings is 3. The van der Waals surface area contributed by atoms with Crippen LogP contribution in [0.25, 0.3) is 22.3 Å². The van der Waals surface area contributed by atoms with E-state index in [0.717, 1.165) is 65.1 Å². The highest BCUT2D eigenvalue weighted by Crippen LogP contribution is 2.39. The number of hydrogen-bond acceptors (Lipinski definition) is 5. The van der Waals surface area contributed by atoms with Gasteiger partial charge in [-0.05, 0) is 89.9 Å². The lowest BCUT2D eigenvalue weighted by molar-refractivity contribution is -0.118. The van der Waals surface area contributed by atoms with Crippen LogP contribution >= 0.6 is 0 Å². The first-order chi connectivity index (χ1) is 21.4. The van der Waals surface area contributed by atoms with Crippen LogP contribution in [0.15, 0.2) is 72.9 Å². The number of nitrogens with zero attached hydrogens (tertiary/aromatic N) is 3. The summed E-state index contributed by atoms with van der Waals surface area (Å²) in [5.74, 6) is -0.772. The fraction of sp³-hybridized carbons (Fsp3) is 0.257. The molecule has 0 saturated carbocycles. The molecule has 0 saturated heterocycles. The predicted molar refractivity (Wildman–Crippen MR) is 170 cm³/mol. The maximum absolute atomic E-state index is 14.0. The summed E-state index contributed by atoms with van der Waals surface area (Å²) in [5, 5.41) is 21.0. The Morgan fingerprint density at radius 1 is 0.909 bits per heavy atom. The van der Waals surface area contributed by atoms with E-state index in [9.17, 15) is 9.59 Å². The quantitative estimate of drug-likeness (QED) is 0.210. The molecule has 222 valence electrons. The van der Waals surface area contributed by atoms with Crippen LogP contribution in [0.5, 0.6) is 0 Å². The van der Waals surface area contributed by atoms with Crippen molar-refractivity contribution >= 4 is 17.5 Å². The highest BCUT2D eigenvalue weighted by atomic mass is 16.2. The van der Waals surface area contributed by atoms with E-state index >= 15 is 0 Å². The van der Waals surface area contributed by atoms with E-state index < -0.39 is 6.04 Å². The average molecular weight is 586 g/mol. The SMILES string of the molecule is Cc1n[nH]c(C)c1-c1ccc(NC(=O)[C@@H](NC(=O)c2ccnn2C)[C@@H]2CCc3ccc(-c4ccc5c(c4)CNC5)cc32)cc1. The van der Waals surface area contributed by atoms with Gasteiger partial charge in [0.1, 0.15) is 11.7 Å². The number of aryl methyl sites for hydroxylation is 4. The molecule has 7 rings (SSSR count). The zero-order chi connectivity index (χ0) is 30.4. The minimum absolute atomic E-state index is 0.186. The molecule has 5 aromatic rings. The third-order valence-electron chi connectivity index (χ3n) is 9.03. The van der Waals surface area contributed by atoms with Gasteiger partial charge in [0.05, 0.1) is 5.69 Å². The number of rotatable bonds is 7. The van der Waals surface area contributed by atoms with Crippen LogP contribution < -0.4 is 16.0 Å². The highest BCUT2D eigenvalue weighted by molar-refractivity contribution is 6.01. The van der Waals surface area contributed by atoms with Gasteiger partial charge in [0.2, 0.25) is 5.91 Å². The average Bonchev–Trinajstić information content (AvgIpc) is 3.83. The fourth-order valence-corrected chi connectivity index (χ4v) is 6.71. The third kappa shape index (κ3) is 5.09. The Balaban J connectivity index is 1.19. The lowest BCUT2D eigenvalue weighted by atomic mass is 9.89. The van der Waals surface area contributed by atoms with Crippen molar-refractivity contribution in [3.8, 4) is 22.3 Å². The number of aromatic nitrogens is 4. The Morgan fingerprint density at radius 2 is 1.64 bits per heavy atom. The molecular formula is C35H35N7O2. The zero-order valence-electron chi connectivity index (χ0n) is 25.1. The summed E-state index contributed by atoms with van der Waals surface area (Å²) in [6.07, 6.45) is 3.19. The molecule has 3 aromatic carbocycles. The topological polar surface area (TPSA) is 117 Å². The number of hydrogen-bond donors (Lipinski definition) is 4. The van der Waals surface area contributed by atoms with Crippen molar-refractivity contribution in [2.75, 3.05) is 5.32 Å². The van der Waals surface area contributed by atoms with Gasteiger partial charge in [-0.1, -0.05) is 42.5 Å². The summed E-state index contributed by atoms with van der Waals surface area (Å²) in [6, 6.07) is 21.8. The largest absolute Gasteiger partial charge is 0.338 e. The van der Waals surface area contributed by atoms with Gasteiger partial charge in [-0.3, -0.25) is 19.4 Å². The van der Waals surface area contributed by atoms with Crippen molar-refractivity contribution in [3.63, 3.8) is 0 Å². The van der Waals surface area contributed by atoms with E-state index in [-0.39, 0.29) is 17.7 Å². The van der Waals surface area contributed by atoms with E-state index in [1.807, 2.05) is 38.1 Å². The van der Waals surface area contributed by atoms with Gasteiger partial charge < -0.3 is 16.0 Å². The number of carbonyl (C=O) groups is 2. The first-order valence-corrected chi connectivity index (χ1v) is 15.0. The van der Waals surface area contributed by atoms with Crippen LogP contribution in [0.1, 0.15) is 56.5 Å². The summed E-state index contributed by atoms with van der Waals surface area (Å²) in [6.45, 7) is 5.74. The van der Waals surface area contributed by atoms with Crippen LogP contribution in [0.4, 0.5) is 5.69 Å². The number of aromatic amines is 1. The van der Waals surface area contributed by atoms with Crippen molar-refractivity contribution in [1.82, 2.24) is 30.6 Å². The first kappa shape index (κ1) is 27.8. The van der Waals surface area contributed by atoms with Crippen molar-refractivity contribution in [2.24, 2.45) is 7.05 Å². The molecule has 3 heterocycles. The molecule has 2 atom stereocenters. The second kappa shape index (κ2) is 11.2. The van der Waals surface area contributed by atoms with E-state index in [4.69, 9.17) is 0 Å². The number of fused-ring (bicyclic) bond motifs is 2. The lowest BCUT2D eigenvalue weighted by Gasteiger charge is -2.25. The predicted octanol–water partition coefficient (Wildman–Crippen LogP) is 5.16. The number of anilines is 1. The Labute approximate surface area is 256 Å². The summed E-state index contributed by atoms with van der Waals surface area (Å²) in [4.78, 5) is 27.5. The maximum Gasteiger partial charge on any atom is 0.270 e. The molecule has 0 unspecified atom stereocenters. The highest BCUT2D eigenvalue weighted by Gasteiger charge is 2.36. The van der Waals surface area contributed by atoms with E-state index in [2.05, 4.69) is 67.6 Å². The van der Waals surface area contributed by atoms with Gasteiger partial charge in [0.25, 0.3) is 5.91 Å². The van der Waals surface area contributed by atoms with Crippen molar-refractivity contribution in [1.29, 1.82) is 0 Å². The van der Waals surface area contributed by atoms with Crippen molar-refractivity contribution in [2.45, 2.75) is 51.7 Å². The second-order valence-corrected chi connectivity index (χ2v) is 11.8. The maximum atomic E-state index is 14.0. The number of nitrogens with one attached hydrogen (secondary N) is 4. The van der Waals surface area contributed by atoms with Crippen molar-refractivity contribution < 1.29 is 9.59 Å². The number of amides is 2. The summed E-state index contributed by atoms with van der Waals surface area (Å²) < 4.78 is 1.52. The molecule has 2 aliphatic rings. The standard InChI is InChI=1S/C35H35N7O2/c1-20-32(21(2)41-40-20)23-8-11-28(12-9-23)38-35(44)33(39-34(43)31-14-15-37-42(31)3)29-13-10-22-4-5-25(17-30(22)29)24-6-7-26-18-36-19-27(26)16-24/h4-9,11-12,14-17,29,33,36H,10,13,18-19H2,1-3H3,(H,38,44)(H,39,43)(H,40,41)/t29-,33+/m1/s1. The van der Waals surface area contributed by atoms with Gasteiger partial charge in [0.15, 0.2) is 0 Å². The summed E-state index contributed by atoms with van der Waals surface area (Å²) in [7, 11) is 1.72. The van der Waals surface area contributed by atoms with Crippen LogP contribution in [0.2, 0.25) is 0 Å². The van der Waals surface area contributed by atoms with Crippen molar-refractivity contribution in [3.05, 3.63) is 112 Å². The van der Waals surface area contributed by atoms with E-state index in [1.54, 1.807) is 19.3 Å². The zero-order valence-corrected chi connectivity index (χ0v) is 25.1. The van der Waals surface area contributed by atoms with Gasteiger partial charge in [-0.15, -0.1) is 0 Å². The molecule has 0 bridgehead atoms. The molecule has 0 spiro atoms. The van der Waals surface area contributed by atoms with Gasteiger partial charge in [0, 0.05) is 49.2 Å². The Hall–Kier alpha value is -5.02. The molecule has 1 aliphatic carbocycles. The Bertz CT molecular complexity index is 1870. The molecule has 2 amide bonds. The van der Waals surface area contributed by atoms with Gasteiger partial charge >= 0.3 is 0 Å². The lowest BCUT2D eigenvalue weighted by Crippen LogP contribution is -2.47. The molecule has 1 aliphatic heterocycles. The van der Waals surface area contributed by atoms with E-state index in [1.165, 1.54) is 21.4 Å². The number of carbonyl (C=O) groups excluding carboxylic acids is 2. The molecule has 0 radical (unpaired) electrons. The Morgan fingerprint density at radius 3 is 2.36 bits per heavy atom. The smallest absolute Gasteiger partial charge is 0.270 e. The van der Waals surface area contributed by atoms with Gasteiger partial charge in [-0.2, -0.15) is 10.2 Å². The van der Waals surface area contributed by atoms with E-state index in [0.29, 0.717) is 11.4 Å². The molecule has 9 heteroatoms. The van der Waals surface area contributed by atoms with Crippen LogP contribution in [0, 0.1) is 13.8 Å². The Kier molecular flexibility index (Phi) is 7.10. The third-order valence-corrected chi connectivity index (χ3v) is 9.03.